The van der Waals surface area contributed by atoms with Gasteiger partial charge in [0.05, 0.1) is 0 Å². The summed E-state index contributed by atoms with van der Waals surface area (Å²) in [4.78, 5) is 14.0. The topological polar surface area (TPSA) is 20.3 Å². The van der Waals surface area contributed by atoms with E-state index in [-0.39, 0.29) is 18.7 Å². The number of hydrogen-bond acceptors (Lipinski definition) is 1. The standard InChI is InChI=1S/C13H20ClF2NO/c14-9-10-3-6-17(7-4-10)12(18)11-2-1-5-13(15,16)8-11/h10-11H,1-9H2. The fourth-order valence-electron chi connectivity index (χ4n) is 2.95. The van der Waals surface area contributed by atoms with E-state index < -0.39 is 11.8 Å². The number of likely N-dealkylation sites (tertiary alicyclic amines) is 1. The van der Waals surface area contributed by atoms with E-state index in [9.17, 15) is 13.6 Å². The lowest BCUT2D eigenvalue weighted by molar-refractivity contribution is -0.144. The van der Waals surface area contributed by atoms with Crippen LogP contribution in [0.5, 0.6) is 0 Å². The lowest BCUT2D eigenvalue weighted by atomic mass is 9.85. The van der Waals surface area contributed by atoms with E-state index in [1.165, 1.54) is 0 Å². The van der Waals surface area contributed by atoms with Crippen LogP contribution < -0.4 is 0 Å². The second-order valence-electron chi connectivity index (χ2n) is 5.57. The van der Waals surface area contributed by atoms with Crippen LogP contribution in [0.1, 0.15) is 38.5 Å². The summed E-state index contributed by atoms with van der Waals surface area (Å²) in [6, 6.07) is 0. The van der Waals surface area contributed by atoms with Gasteiger partial charge in [-0.15, -0.1) is 11.6 Å². The second kappa shape index (κ2) is 5.72. The van der Waals surface area contributed by atoms with Gasteiger partial charge in [0.2, 0.25) is 11.8 Å². The summed E-state index contributed by atoms with van der Waals surface area (Å²) in [5.41, 5.74) is 0. The van der Waals surface area contributed by atoms with Crippen molar-refractivity contribution in [1.82, 2.24) is 4.90 Å². The molecule has 0 aromatic rings. The van der Waals surface area contributed by atoms with E-state index in [2.05, 4.69) is 0 Å². The molecule has 1 heterocycles. The normalized spacial score (nSPS) is 29.3. The van der Waals surface area contributed by atoms with Gasteiger partial charge in [-0.2, -0.15) is 0 Å². The zero-order chi connectivity index (χ0) is 13.2. The largest absolute Gasteiger partial charge is 0.342 e. The Hall–Kier alpha value is -0.380. The van der Waals surface area contributed by atoms with Crippen molar-refractivity contribution in [2.45, 2.75) is 44.4 Å². The highest BCUT2D eigenvalue weighted by Gasteiger charge is 2.40. The van der Waals surface area contributed by atoms with Gasteiger partial charge in [-0.1, -0.05) is 0 Å². The summed E-state index contributed by atoms with van der Waals surface area (Å²) in [7, 11) is 0. The number of piperidine rings is 1. The van der Waals surface area contributed by atoms with Crippen molar-refractivity contribution in [3.8, 4) is 0 Å². The molecule has 18 heavy (non-hydrogen) atoms. The number of halogens is 3. The predicted octanol–water partition coefficient (Wildman–Crippen LogP) is 3.29. The number of carbonyl (C=O) groups is 1. The molecule has 2 rings (SSSR count). The third-order valence-corrected chi connectivity index (χ3v) is 4.57. The number of amides is 1. The van der Waals surface area contributed by atoms with E-state index in [4.69, 9.17) is 11.6 Å². The Morgan fingerprint density at radius 1 is 1.28 bits per heavy atom. The van der Waals surface area contributed by atoms with Crippen LogP contribution >= 0.6 is 11.6 Å². The molecule has 0 bridgehead atoms. The molecule has 104 valence electrons. The SMILES string of the molecule is O=C(C1CCCC(F)(F)C1)N1CCC(CCl)CC1. The Morgan fingerprint density at radius 3 is 2.50 bits per heavy atom. The Kier molecular flexibility index (Phi) is 4.46. The molecule has 1 unspecified atom stereocenters. The summed E-state index contributed by atoms with van der Waals surface area (Å²) in [6.07, 6.45) is 2.55. The van der Waals surface area contributed by atoms with Crippen molar-refractivity contribution in [1.29, 1.82) is 0 Å². The fourth-order valence-corrected chi connectivity index (χ4v) is 3.26. The maximum Gasteiger partial charge on any atom is 0.248 e. The minimum atomic E-state index is -2.65. The van der Waals surface area contributed by atoms with Crippen LogP contribution in [-0.4, -0.2) is 35.7 Å². The van der Waals surface area contributed by atoms with Crippen LogP contribution in [0.15, 0.2) is 0 Å². The predicted molar refractivity (Wildman–Crippen MR) is 66.9 cm³/mol. The molecule has 0 radical (unpaired) electrons. The van der Waals surface area contributed by atoms with Gasteiger partial charge in [0, 0.05) is 37.7 Å². The van der Waals surface area contributed by atoms with Gasteiger partial charge in [0.1, 0.15) is 0 Å². The number of alkyl halides is 3. The number of carbonyl (C=O) groups excluding carboxylic acids is 1. The van der Waals surface area contributed by atoms with E-state index >= 15 is 0 Å². The summed E-state index contributed by atoms with van der Waals surface area (Å²) in [5, 5.41) is 0. The molecule has 1 saturated heterocycles. The summed E-state index contributed by atoms with van der Waals surface area (Å²) < 4.78 is 26.6. The highest BCUT2D eigenvalue weighted by Crippen LogP contribution is 2.37. The summed E-state index contributed by atoms with van der Waals surface area (Å²) in [5.74, 6) is -2.08. The average molecular weight is 280 g/mol. The number of hydrogen-bond donors (Lipinski definition) is 0. The van der Waals surface area contributed by atoms with Crippen molar-refractivity contribution in [2.75, 3.05) is 19.0 Å². The van der Waals surface area contributed by atoms with Crippen molar-refractivity contribution in [3.63, 3.8) is 0 Å². The zero-order valence-electron chi connectivity index (χ0n) is 10.5. The van der Waals surface area contributed by atoms with Gasteiger partial charge in [0.25, 0.3) is 0 Å². The smallest absolute Gasteiger partial charge is 0.248 e. The Balaban J connectivity index is 1.88. The molecule has 1 saturated carbocycles. The van der Waals surface area contributed by atoms with Crippen molar-refractivity contribution < 1.29 is 13.6 Å². The molecular weight excluding hydrogens is 260 g/mol. The number of rotatable bonds is 2. The van der Waals surface area contributed by atoms with E-state index in [0.29, 0.717) is 37.7 Å². The minimum Gasteiger partial charge on any atom is -0.342 e. The van der Waals surface area contributed by atoms with Crippen LogP contribution in [0.2, 0.25) is 0 Å². The van der Waals surface area contributed by atoms with Gasteiger partial charge in [-0.25, -0.2) is 8.78 Å². The molecule has 5 heteroatoms. The maximum atomic E-state index is 13.3. The first kappa shape index (κ1) is 14.0. The van der Waals surface area contributed by atoms with Crippen molar-refractivity contribution >= 4 is 17.5 Å². The molecule has 0 spiro atoms. The highest BCUT2D eigenvalue weighted by atomic mass is 35.5. The molecule has 1 atom stereocenters. The number of nitrogens with zero attached hydrogens (tertiary/aromatic N) is 1. The molecular formula is C13H20ClF2NO. The molecule has 0 aromatic carbocycles. The van der Waals surface area contributed by atoms with Gasteiger partial charge in [-0.3, -0.25) is 4.79 Å². The van der Waals surface area contributed by atoms with Crippen molar-refractivity contribution in [2.24, 2.45) is 11.8 Å². The monoisotopic (exact) mass is 279 g/mol. The fraction of sp³-hybridized carbons (Fsp3) is 0.923. The molecule has 1 amide bonds. The summed E-state index contributed by atoms with van der Waals surface area (Å²) in [6.45, 7) is 1.36. The van der Waals surface area contributed by atoms with Crippen LogP contribution in [-0.2, 0) is 4.79 Å². The van der Waals surface area contributed by atoms with Gasteiger partial charge < -0.3 is 4.90 Å². The maximum absolute atomic E-state index is 13.3. The molecule has 1 aliphatic carbocycles. The van der Waals surface area contributed by atoms with E-state index in [1.54, 1.807) is 4.90 Å². The van der Waals surface area contributed by atoms with E-state index in [0.717, 1.165) is 12.8 Å². The van der Waals surface area contributed by atoms with Gasteiger partial charge in [-0.05, 0) is 31.6 Å². The van der Waals surface area contributed by atoms with Crippen LogP contribution in [0.4, 0.5) is 8.78 Å². The molecule has 2 nitrogen and oxygen atoms in total. The molecule has 0 N–H and O–H groups in total. The lowest BCUT2D eigenvalue weighted by Gasteiger charge is -2.36. The van der Waals surface area contributed by atoms with E-state index in [1.807, 2.05) is 0 Å². The third-order valence-electron chi connectivity index (χ3n) is 4.13. The lowest BCUT2D eigenvalue weighted by Crippen LogP contribution is -2.44. The zero-order valence-corrected chi connectivity index (χ0v) is 11.3. The van der Waals surface area contributed by atoms with Crippen LogP contribution in [0, 0.1) is 11.8 Å². The van der Waals surface area contributed by atoms with Gasteiger partial charge >= 0.3 is 0 Å². The Morgan fingerprint density at radius 2 is 1.94 bits per heavy atom. The molecule has 0 aromatic heterocycles. The first-order valence-corrected chi connectivity index (χ1v) is 7.28. The Labute approximate surface area is 112 Å². The van der Waals surface area contributed by atoms with Crippen molar-refractivity contribution in [3.05, 3.63) is 0 Å². The first-order valence-electron chi connectivity index (χ1n) is 6.74. The Bertz CT molecular complexity index is 303. The molecule has 2 aliphatic rings. The average Bonchev–Trinajstić information content (AvgIpc) is 2.37. The minimum absolute atomic E-state index is 0.0644. The first-order chi connectivity index (χ1) is 8.52. The van der Waals surface area contributed by atoms with Crippen LogP contribution in [0.25, 0.3) is 0 Å². The van der Waals surface area contributed by atoms with Gasteiger partial charge in [0.15, 0.2) is 0 Å². The summed E-state index contributed by atoms with van der Waals surface area (Å²) >= 11 is 5.79. The highest BCUT2D eigenvalue weighted by molar-refractivity contribution is 6.18. The van der Waals surface area contributed by atoms with Crippen LogP contribution in [0.3, 0.4) is 0 Å². The quantitative estimate of drug-likeness (QED) is 0.710. The molecule has 2 fully saturated rings. The molecule has 1 aliphatic heterocycles. The second-order valence-corrected chi connectivity index (χ2v) is 5.88. The third kappa shape index (κ3) is 3.34.